The summed E-state index contributed by atoms with van der Waals surface area (Å²) in [5.74, 6) is 0.451. The second-order valence-electron chi connectivity index (χ2n) is 5.10. The molecule has 4 nitrogen and oxygen atoms in total. The molecular weight excluding hydrogens is 224 g/mol. The predicted octanol–water partition coefficient (Wildman–Crippen LogP) is 0.976. The maximum atomic E-state index is 11.8. The predicted molar refractivity (Wildman–Crippen MR) is 64.5 cm³/mol. The maximum Gasteiger partial charge on any atom is 0.214 e. The van der Waals surface area contributed by atoms with Gasteiger partial charge in [0.1, 0.15) is 0 Å². The minimum atomic E-state index is -3.08. The first-order valence-corrected chi connectivity index (χ1v) is 7.89. The summed E-state index contributed by atoms with van der Waals surface area (Å²) in [6.07, 6.45) is 7.58. The van der Waals surface area contributed by atoms with Gasteiger partial charge < -0.3 is 5.73 Å². The van der Waals surface area contributed by atoms with E-state index in [0.29, 0.717) is 12.5 Å². The molecule has 3 N–H and O–H groups in total. The molecule has 0 bridgehead atoms. The van der Waals surface area contributed by atoms with E-state index in [9.17, 15) is 8.42 Å². The highest BCUT2D eigenvalue weighted by Crippen LogP contribution is 2.30. The van der Waals surface area contributed by atoms with Crippen molar-refractivity contribution in [1.82, 2.24) is 4.72 Å². The van der Waals surface area contributed by atoms with Crippen LogP contribution in [0.2, 0.25) is 0 Å². The van der Waals surface area contributed by atoms with Crippen molar-refractivity contribution in [1.29, 1.82) is 0 Å². The fourth-order valence-electron chi connectivity index (χ4n) is 2.56. The Morgan fingerprint density at radius 1 is 1.12 bits per heavy atom. The smallest absolute Gasteiger partial charge is 0.214 e. The molecule has 16 heavy (non-hydrogen) atoms. The number of nitrogens with one attached hydrogen (secondary N) is 1. The Balaban J connectivity index is 1.93. The molecule has 2 aliphatic rings. The summed E-state index contributed by atoms with van der Waals surface area (Å²) in [6.45, 7) is 0.427. The molecular formula is C11H22N2O2S. The summed E-state index contributed by atoms with van der Waals surface area (Å²) < 4.78 is 26.5. The lowest BCUT2D eigenvalue weighted by Gasteiger charge is -2.29. The molecule has 0 saturated heterocycles. The first kappa shape index (κ1) is 12.3. The molecule has 0 radical (unpaired) electrons. The van der Waals surface area contributed by atoms with Crippen molar-refractivity contribution in [2.75, 3.05) is 6.54 Å². The zero-order valence-corrected chi connectivity index (χ0v) is 10.5. The van der Waals surface area contributed by atoms with Gasteiger partial charge in [0.25, 0.3) is 0 Å². The Bertz CT molecular complexity index is 319. The van der Waals surface area contributed by atoms with Crippen LogP contribution in [0.15, 0.2) is 0 Å². The molecule has 1 unspecified atom stereocenters. The van der Waals surface area contributed by atoms with Gasteiger partial charge in [0.15, 0.2) is 0 Å². The molecule has 2 aliphatic carbocycles. The van der Waals surface area contributed by atoms with E-state index in [0.717, 1.165) is 25.7 Å². The Labute approximate surface area is 98.0 Å². The standard InChI is InChI=1S/C11H22N2O2S/c12-8-11(9-4-2-1-3-5-9)13-16(14,15)10-6-7-10/h9-11,13H,1-8,12H2. The van der Waals surface area contributed by atoms with Gasteiger partial charge in [0, 0.05) is 12.6 Å². The molecule has 1 atom stereocenters. The molecule has 0 aromatic rings. The molecule has 0 aliphatic heterocycles. The highest BCUT2D eigenvalue weighted by Gasteiger charge is 2.38. The SMILES string of the molecule is NCC(NS(=O)(=O)C1CC1)C1CCCCC1. The van der Waals surface area contributed by atoms with Gasteiger partial charge in [-0.2, -0.15) is 0 Å². The van der Waals surface area contributed by atoms with Crippen molar-refractivity contribution in [2.24, 2.45) is 11.7 Å². The molecule has 0 aromatic carbocycles. The van der Waals surface area contributed by atoms with Crippen LogP contribution in [0.4, 0.5) is 0 Å². The summed E-state index contributed by atoms with van der Waals surface area (Å²) in [5, 5.41) is -0.134. The summed E-state index contributed by atoms with van der Waals surface area (Å²) in [4.78, 5) is 0. The van der Waals surface area contributed by atoms with E-state index in [1.165, 1.54) is 19.3 Å². The molecule has 0 heterocycles. The van der Waals surface area contributed by atoms with Crippen LogP contribution in [-0.4, -0.2) is 26.3 Å². The Hall–Kier alpha value is -0.130. The summed E-state index contributed by atoms with van der Waals surface area (Å²) in [6, 6.07) is -0.0362. The van der Waals surface area contributed by atoms with Gasteiger partial charge in [-0.3, -0.25) is 0 Å². The van der Waals surface area contributed by atoms with E-state index in [1.807, 2.05) is 0 Å². The van der Waals surface area contributed by atoms with Crippen LogP contribution in [0, 0.1) is 5.92 Å². The first-order chi connectivity index (χ1) is 7.63. The summed E-state index contributed by atoms with van der Waals surface area (Å²) >= 11 is 0. The number of rotatable bonds is 5. The molecule has 5 heteroatoms. The highest BCUT2D eigenvalue weighted by atomic mass is 32.2. The van der Waals surface area contributed by atoms with Crippen LogP contribution in [0.5, 0.6) is 0 Å². The van der Waals surface area contributed by atoms with Crippen LogP contribution in [-0.2, 0) is 10.0 Å². The third-order valence-electron chi connectivity index (χ3n) is 3.75. The molecule has 2 saturated carbocycles. The second kappa shape index (κ2) is 5.02. The topological polar surface area (TPSA) is 72.2 Å². The highest BCUT2D eigenvalue weighted by molar-refractivity contribution is 7.90. The molecule has 0 aromatic heterocycles. The van der Waals surface area contributed by atoms with Crippen LogP contribution < -0.4 is 10.5 Å². The first-order valence-electron chi connectivity index (χ1n) is 6.34. The van der Waals surface area contributed by atoms with Crippen LogP contribution in [0.1, 0.15) is 44.9 Å². The third kappa shape index (κ3) is 2.96. The largest absolute Gasteiger partial charge is 0.329 e. The van der Waals surface area contributed by atoms with Crippen LogP contribution >= 0.6 is 0 Å². The van der Waals surface area contributed by atoms with Gasteiger partial charge >= 0.3 is 0 Å². The molecule has 94 valence electrons. The van der Waals surface area contributed by atoms with Gasteiger partial charge in [0.05, 0.1) is 5.25 Å². The monoisotopic (exact) mass is 246 g/mol. The van der Waals surface area contributed by atoms with Gasteiger partial charge in [-0.15, -0.1) is 0 Å². The molecule has 2 fully saturated rings. The summed E-state index contributed by atoms with van der Waals surface area (Å²) in [5.41, 5.74) is 5.70. The number of hydrogen-bond acceptors (Lipinski definition) is 3. The fourth-order valence-corrected chi connectivity index (χ4v) is 4.22. The van der Waals surface area contributed by atoms with Crippen molar-refractivity contribution in [2.45, 2.75) is 56.2 Å². The Kier molecular flexibility index (Phi) is 3.87. The van der Waals surface area contributed by atoms with Crippen LogP contribution in [0.3, 0.4) is 0 Å². The van der Waals surface area contributed by atoms with Crippen molar-refractivity contribution in [3.8, 4) is 0 Å². The maximum absolute atomic E-state index is 11.8. The molecule has 2 rings (SSSR count). The zero-order chi connectivity index (χ0) is 11.6. The fraction of sp³-hybridized carbons (Fsp3) is 1.00. The average molecular weight is 246 g/mol. The lowest BCUT2D eigenvalue weighted by molar-refractivity contribution is 0.294. The van der Waals surface area contributed by atoms with E-state index in [2.05, 4.69) is 4.72 Å². The Morgan fingerprint density at radius 3 is 2.25 bits per heavy atom. The van der Waals surface area contributed by atoms with E-state index in [4.69, 9.17) is 5.73 Å². The third-order valence-corrected chi connectivity index (χ3v) is 5.73. The normalized spacial score (nSPS) is 25.6. The Morgan fingerprint density at radius 2 is 1.75 bits per heavy atom. The van der Waals surface area contributed by atoms with Crippen molar-refractivity contribution < 1.29 is 8.42 Å². The van der Waals surface area contributed by atoms with Gasteiger partial charge in [0.2, 0.25) is 10.0 Å². The van der Waals surface area contributed by atoms with Gasteiger partial charge in [-0.05, 0) is 31.6 Å². The van der Waals surface area contributed by atoms with Crippen LogP contribution in [0.25, 0.3) is 0 Å². The van der Waals surface area contributed by atoms with Crippen molar-refractivity contribution in [3.05, 3.63) is 0 Å². The number of nitrogens with two attached hydrogens (primary N) is 1. The van der Waals surface area contributed by atoms with E-state index >= 15 is 0 Å². The van der Waals surface area contributed by atoms with Gasteiger partial charge in [-0.25, -0.2) is 13.1 Å². The van der Waals surface area contributed by atoms with E-state index < -0.39 is 10.0 Å². The second-order valence-corrected chi connectivity index (χ2v) is 7.09. The zero-order valence-electron chi connectivity index (χ0n) is 9.69. The lowest BCUT2D eigenvalue weighted by Crippen LogP contribution is -2.46. The van der Waals surface area contributed by atoms with Crippen molar-refractivity contribution >= 4 is 10.0 Å². The minimum absolute atomic E-state index is 0.0362. The molecule has 0 spiro atoms. The number of sulfonamides is 1. The van der Waals surface area contributed by atoms with E-state index in [-0.39, 0.29) is 11.3 Å². The van der Waals surface area contributed by atoms with Crippen molar-refractivity contribution in [3.63, 3.8) is 0 Å². The lowest BCUT2D eigenvalue weighted by atomic mass is 9.84. The number of hydrogen-bond donors (Lipinski definition) is 2. The molecule has 0 amide bonds. The average Bonchev–Trinajstić information content (AvgIpc) is 3.11. The van der Waals surface area contributed by atoms with Gasteiger partial charge in [-0.1, -0.05) is 19.3 Å². The van der Waals surface area contributed by atoms with E-state index in [1.54, 1.807) is 0 Å². The minimum Gasteiger partial charge on any atom is -0.329 e. The summed E-state index contributed by atoms with van der Waals surface area (Å²) in [7, 11) is -3.08. The quantitative estimate of drug-likeness (QED) is 0.759.